The van der Waals surface area contributed by atoms with Crippen LogP contribution in [0.1, 0.15) is 33.1 Å². The molecule has 98 valence electrons. The third kappa shape index (κ3) is 3.92. The van der Waals surface area contributed by atoms with Crippen LogP contribution in [0, 0.1) is 0 Å². The molecule has 1 atom stereocenters. The van der Waals surface area contributed by atoms with Gasteiger partial charge in [0.25, 0.3) is 0 Å². The highest BCUT2D eigenvalue weighted by Gasteiger charge is 2.27. The number of hydrogen-bond donors (Lipinski definition) is 1. The molecule has 1 aliphatic heterocycles. The Morgan fingerprint density at radius 2 is 2.18 bits per heavy atom. The van der Waals surface area contributed by atoms with Crippen molar-refractivity contribution in [3.8, 4) is 0 Å². The molecule has 1 rings (SSSR count). The summed E-state index contributed by atoms with van der Waals surface area (Å²) in [7, 11) is 1.84. The van der Waals surface area contributed by atoms with E-state index >= 15 is 0 Å². The number of amides is 1. The Labute approximate surface area is 109 Å². The van der Waals surface area contributed by atoms with E-state index in [0.717, 1.165) is 25.8 Å². The fourth-order valence-electron chi connectivity index (χ4n) is 2.08. The number of nitrogens with zero attached hydrogens (tertiary/aromatic N) is 2. The highest BCUT2D eigenvalue weighted by Crippen LogP contribution is 2.17. The van der Waals surface area contributed by atoms with Crippen LogP contribution >= 0.6 is 12.2 Å². The second-order valence-corrected chi connectivity index (χ2v) is 5.45. The van der Waals surface area contributed by atoms with E-state index in [2.05, 4.69) is 4.90 Å². The van der Waals surface area contributed by atoms with E-state index in [-0.39, 0.29) is 18.0 Å². The summed E-state index contributed by atoms with van der Waals surface area (Å²) < 4.78 is 0. The van der Waals surface area contributed by atoms with E-state index in [0.29, 0.717) is 11.5 Å². The maximum atomic E-state index is 12.0. The van der Waals surface area contributed by atoms with Crippen molar-refractivity contribution in [1.29, 1.82) is 0 Å². The van der Waals surface area contributed by atoms with Crippen LogP contribution in [-0.2, 0) is 4.79 Å². The first-order valence-electron chi connectivity index (χ1n) is 6.22. The van der Waals surface area contributed by atoms with Crippen LogP contribution in [0.4, 0.5) is 0 Å². The maximum absolute atomic E-state index is 12.0. The van der Waals surface area contributed by atoms with Gasteiger partial charge in [-0.2, -0.15) is 0 Å². The summed E-state index contributed by atoms with van der Waals surface area (Å²) in [5, 5.41) is 0. The van der Waals surface area contributed by atoms with Crippen molar-refractivity contribution in [2.45, 2.75) is 45.2 Å². The van der Waals surface area contributed by atoms with Gasteiger partial charge >= 0.3 is 0 Å². The summed E-state index contributed by atoms with van der Waals surface area (Å²) in [4.78, 5) is 16.4. The zero-order valence-electron chi connectivity index (χ0n) is 11.0. The first-order chi connectivity index (χ1) is 7.93. The van der Waals surface area contributed by atoms with Crippen molar-refractivity contribution in [1.82, 2.24) is 9.80 Å². The summed E-state index contributed by atoms with van der Waals surface area (Å²) in [6.07, 6.45) is 3.25. The van der Waals surface area contributed by atoms with Gasteiger partial charge in [-0.05, 0) is 33.2 Å². The fraction of sp³-hybridized carbons (Fsp3) is 0.833. The molecule has 4 nitrogen and oxygen atoms in total. The maximum Gasteiger partial charge on any atom is 0.236 e. The number of hydrogen-bond acceptors (Lipinski definition) is 3. The first-order valence-corrected chi connectivity index (χ1v) is 6.63. The van der Waals surface area contributed by atoms with E-state index in [1.54, 1.807) is 4.90 Å². The molecule has 0 aromatic heterocycles. The minimum Gasteiger partial charge on any atom is -0.392 e. The number of carbonyl (C=O) groups is 1. The summed E-state index contributed by atoms with van der Waals surface area (Å²) >= 11 is 5.07. The quantitative estimate of drug-likeness (QED) is 0.763. The highest BCUT2D eigenvalue weighted by atomic mass is 32.1. The number of likely N-dealkylation sites (N-methyl/N-ethyl adjacent to an activating group) is 1. The van der Waals surface area contributed by atoms with Gasteiger partial charge in [-0.15, -0.1) is 0 Å². The Morgan fingerprint density at radius 3 is 2.71 bits per heavy atom. The molecule has 0 saturated carbocycles. The molecule has 1 unspecified atom stereocenters. The SMILES string of the molecule is CC(C)N(C)C(=O)CN1CCCCC1C(N)=S. The zero-order valence-corrected chi connectivity index (χ0v) is 11.8. The van der Waals surface area contributed by atoms with Gasteiger partial charge < -0.3 is 10.6 Å². The molecule has 0 radical (unpaired) electrons. The highest BCUT2D eigenvalue weighted by molar-refractivity contribution is 7.80. The summed E-state index contributed by atoms with van der Waals surface area (Å²) in [5.74, 6) is 0.142. The molecular formula is C12H23N3OS. The fourth-order valence-corrected chi connectivity index (χ4v) is 2.34. The van der Waals surface area contributed by atoms with Gasteiger partial charge in [0.1, 0.15) is 0 Å². The topological polar surface area (TPSA) is 49.6 Å². The monoisotopic (exact) mass is 257 g/mol. The predicted octanol–water partition coefficient (Wildman–Crippen LogP) is 0.994. The molecule has 0 bridgehead atoms. The van der Waals surface area contributed by atoms with E-state index in [1.165, 1.54) is 0 Å². The Bertz CT molecular complexity index is 293. The Balaban J connectivity index is 2.59. The Morgan fingerprint density at radius 1 is 1.53 bits per heavy atom. The largest absolute Gasteiger partial charge is 0.392 e. The lowest BCUT2D eigenvalue weighted by Crippen LogP contribution is -2.51. The molecule has 0 aliphatic carbocycles. The predicted molar refractivity (Wildman–Crippen MR) is 73.9 cm³/mol. The van der Waals surface area contributed by atoms with Gasteiger partial charge in [-0.25, -0.2) is 0 Å². The van der Waals surface area contributed by atoms with Crippen molar-refractivity contribution < 1.29 is 4.79 Å². The molecule has 1 aliphatic rings. The van der Waals surface area contributed by atoms with E-state index in [4.69, 9.17) is 18.0 Å². The molecule has 0 aromatic carbocycles. The van der Waals surface area contributed by atoms with Gasteiger partial charge in [-0.1, -0.05) is 18.6 Å². The van der Waals surface area contributed by atoms with Crippen molar-refractivity contribution >= 4 is 23.1 Å². The summed E-state index contributed by atoms with van der Waals surface area (Å²) in [6, 6.07) is 0.332. The minimum absolute atomic E-state index is 0.100. The Hall–Kier alpha value is -0.680. The van der Waals surface area contributed by atoms with Crippen LogP contribution in [0.15, 0.2) is 0 Å². The number of thiocarbonyl (C=S) groups is 1. The van der Waals surface area contributed by atoms with Gasteiger partial charge in [0.2, 0.25) is 5.91 Å². The van der Waals surface area contributed by atoms with Crippen molar-refractivity contribution in [3.63, 3.8) is 0 Å². The van der Waals surface area contributed by atoms with Crippen molar-refractivity contribution in [2.24, 2.45) is 5.73 Å². The Kier molecular flexibility index (Phi) is 5.33. The van der Waals surface area contributed by atoms with Crippen LogP contribution in [-0.4, -0.2) is 52.9 Å². The van der Waals surface area contributed by atoms with Crippen LogP contribution < -0.4 is 5.73 Å². The normalized spacial score (nSPS) is 21.5. The molecule has 1 amide bonds. The van der Waals surface area contributed by atoms with Gasteiger partial charge in [-0.3, -0.25) is 9.69 Å². The minimum atomic E-state index is 0.100. The number of rotatable bonds is 4. The molecule has 1 fully saturated rings. The van der Waals surface area contributed by atoms with E-state index in [9.17, 15) is 4.79 Å². The molecule has 1 heterocycles. The molecule has 5 heteroatoms. The van der Waals surface area contributed by atoms with Crippen LogP contribution in [0.2, 0.25) is 0 Å². The van der Waals surface area contributed by atoms with Gasteiger partial charge in [0, 0.05) is 13.1 Å². The van der Waals surface area contributed by atoms with Crippen LogP contribution in [0.5, 0.6) is 0 Å². The summed E-state index contributed by atoms with van der Waals surface area (Å²) in [5.41, 5.74) is 5.73. The van der Waals surface area contributed by atoms with Crippen LogP contribution in [0.3, 0.4) is 0 Å². The van der Waals surface area contributed by atoms with E-state index < -0.39 is 0 Å². The number of likely N-dealkylation sites (tertiary alicyclic amines) is 1. The van der Waals surface area contributed by atoms with Crippen molar-refractivity contribution in [3.05, 3.63) is 0 Å². The smallest absolute Gasteiger partial charge is 0.236 e. The lowest BCUT2D eigenvalue weighted by atomic mass is 10.0. The van der Waals surface area contributed by atoms with Gasteiger partial charge in [0.05, 0.1) is 17.6 Å². The lowest BCUT2D eigenvalue weighted by molar-refractivity contribution is -0.133. The standard InChI is InChI=1S/C12H23N3OS/c1-9(2)14(3)11(16)8-15-7-5-4-6-10(15)12(13)17/h9-10H,4-8H2,1-3H3,(H2,13,17). The van der Waals surface area contributed by atoms with E-state index in [1.807, 2.05) is 20.9 Å². The summed E-state index contributed by atoms with van der Waals surface area (Å²) in [6.45, 7) is 5.37. The van der Waals surface area contributed by atoms with Crippen LogP contribution in [0.25, 0.3) is 0 Å². The second kappa shape index (κ2) is 6.31. The molecule has 2 N–H and O–H groups in total. The molecule has 0 aromatic rings. The first kappa shape index (κ1) is 14.4. The second-order valence-electron chi connectivity index (χ2n) is 4.98. The molecule has 1 saturated heterocycles. The number of piperidine rings is 1. The van der Waals surface area contributed by atoms with Gasteiger partial charge in [0.15, 0.2) is 0 Å². The third-order valence-corrected chi connectivity index (χ3v) is 3.72. The average molecular weight is 257 g/mol. The van der Waals surface area contributed by atoms with Crippen molar-refractivity contribution in [2.75, 3.05) is 20.1 Å². The molecule has 17 heavy (non-hydrogen) atoms. The number of carbonyl (C=O) groups excluding carboxylic acids is 1. The zero-order chi connectivity index (χ0) is 13.0. The number of nitrogens with two attached hydrogens (primary N) is 1. The average Bonchev–Trinajstić information content (AvgIpc) is 2.28. The molecular weight excluding hydrogens is 234 g/mol. The lowest BCUT2D eigenvalue weighted by Gasteiger charge is -2.35. The molecule has 0 spiro atoms. The third-order valence-electron chi connectivity index (χ3n) is 3.45.